The first kappa shape index (κ1) is 29.7. The minimum atomic E-state index is -3.30. The van der Waals surface area contributed by atoms with Crippen LogP contribution in [0.2, 0.25) is 0 Å². The van der Waals surface area contributed by atoms with Crippen LogP contribution in [-0.4, -0.2) is 65.2 Å². The van der Waals surface area contributed by atoms with Gasteiger partial charge in [0.1, 0.15) is 11.4 Å². The van der Waals surface area contributed by atoms with E-state index in [1.165, 1.54) is 22.8 Å². The Morgan fingerprint density at radius 1 is 1.05 bits per heavy atom. The van der Waals surface area contributed by atoms with Crippen molar-refractivity contribution >= 4 is 27.5 Å². The zero-order valence-corrected chi connectivity index (χ0v) is 25.1. The van der Waals surface area contributed by atoms with Crippen molar-refractivity contribution in [3.8, 4) is 22.3 Å². The van der Waals surface area contributed by atoms with E-state index in [0.717, 1.165) is 40.7 Å². The maximum absolute atomic E-state index is 13.9. The van der Waals surface area contributed by atoms with Gasteiger partial charge in [-0.25, -0.2) is 23.2 Å². The van der Waals surface area contributed by atoms with Crippen molar-refractivity contribution in [1.29, 1.82) is 0 Å². The highest BCUT2D eigenvalue weighted by Gasteiger charge is 2.35. The number of carbonyl (C=O) groups is 1. The molecule has 1 amide bonds. The first-order valence-electron chi connectivity index (χ1n) is 14.0. The van der Waals surface area contributed by atoms with Crippen LogP contribution < -0.4 is 5.73 Å². The van der Waals surface area contributed by atoms with Gasteiger partial charge in [-0.3, -0.25) is 0 Å². The fourth-order valence-corrected chi connectivity index (χ4v) is 6.34. The molecule has 9 nitrogen and oxygen atoms in total. The number of hydrogen-bond donors (Lipinski definition) is 1. The Balaban J connectivity index is 1.59. The second-order valence-electron chi connectivity index (χ2n) is 11.8. The number of nitrogens with two attached hydrogens (primary N) is 1. The molecular weight excluding hydrogens is 557 g/mol. The molecule has 42 heavy (non-hydrogen) atoms. The Morgan fingerprint density at radius 3 is 2.50 bits per heavy atom. The number of halogens is 1. The standard InChI is InChI=1S/C31H36FN5O4S/c1-31(2,3)41-30(38)37-13-5-6-27(37)26-16-21(7-8-24(26)20-10-14-36(15-11-20)42(4,39)40)23-17-25(29(33)35-19-23)22-9-12-34-28(32)18-22/h7-10,12,16-19,27H,5-6,11,13-15H2,1-4H3,(H2,33,35)/t27-/m0/s1. The molecule has 1 fully saturated rings. The Morgan fingerprint density at radius 2 is 1.83 bits per heavy atom. The highest BCUT2D eigenvalue weighted by Crippen LogP contribution is 2.41. The van der Waals surface area contributed by atoms with E-state index in [9.17, 15) is 17.6 Å². The largest absolute Gasteiger partial charge is 0.444 e. The van der Waals surface area contributed by atoms with E-state index in [-0.39, 0.29) is 18.0 Å². The predicted molar refractivity (Wildman–Crippen MR) is 161 cm³/mol. The molecule has 0 spiro atoms. The number of amides is 1. The second kappa shape index (κ2) is 11.4. The summed E-state index contributed by atoms with van der Waals surface area (Å²) in [6.45, 7) is 6.81. The molecule has 0 bridgehead atoms. The summed E-state index contributed by atoms with van der Waals surface area (Å²) in [5, 5.41) is 0. The molecule has 2 N–H and O–H groups in total. The summed E-state index contributed by atoms with van der Waals surface area (Å²) in [7, 11) is -3.30. The first-order chi connectivity index (χ1) is 19.8. The van der Waals surface area contributed by atoms with Crippen molar-refractivity contribution in [2.45, 2.75) is 51.7 Å². The zero-order valence-electron chi connectivity index (χ0n) is 24.3. The summed E-state index contributed by atoms with van der Waals surface area (Å²) in [6, 6.07) is 10.7. The second-order valence-corrected chi connectivity index (χ2v) is 13.7. The summed E-state index contributed by atoms with van der Waals surface area (Å²) in [5.41, 5.74) is 11.3. The number of anilines is 1. The molecule has 222 valence electrons. The van der Waals surface area contributed by atoms with Crippen LogP contribution >= 0.6 is 0 Å². The first-order valence-corrected chi connectivity index (χ1v) is 15.8. The summed E-state index contributed by atoms with van der Waals surface area (Å²) in [4.78, 5) is 23.1. The van der Waals surface area contributed by atoms with Gasteiger partial charge in [0.15, 0.2) is 0 Å². The Kier molecular flexibility index (Phi) is 8.08. The molecule has 5 rings (SSSR count). The topological polar surface area (TPSA) is 119 Å². The van der Waals surface area contributed by atoms with Gasteiger partial charge in [-0.15, -0.1) is 0 Å². The Bertz CT molecular complexity index is 1650. The quantitative estimate of drug-likeness (QED) is 0.380. The number of pyridine rings is 2. The molecule has 1 aromatic carbocycles. The lowest BCUT2D eigenvalue weighted by atomic mass is 9.88. The lowest BCUT2D eigenvalue weighted by Crippen LogP contribution is -2.37. The van der Waals surface area contributed by atoms with E-state index < -0.39 is 21.6 Å². The third-order valence-corrected chi connectivity index (χ3v) is 8.84. The number of ether oxygens (including phenoxy) is 1. The van der Waals surface area contributed by atoms with E-state index in [2.05, 4.69) is 16.0 Å². The third-order valence-electron chi connectivity index (χ3n) is 7.57. The SMILES string of the molecule is CC(C)(C)OC(=O)N1CCC[C@H]1c1cc(-c2cnc(N)c(-c3ccnc(F)c3)c2)ccc1C1=CCN(S(C)(=O)=O)CC1. The molecule has 0 aliphatic carbocycles. The highest BCUT2D eigenvalue weighted by atomic mass is 32.2. The van der Waals surface area contributed by atoms with Crippen LogP contribution in [0.1, 0.15) is 57.2 Å². The van der Waals surface area contributed by atoms with Crippen molar-refractivity contribution in [2.24, 2.45) is 0 Å². The van der Waals surface area contributed by atoms with E-state index >= 15 is 0 Å². The van der Waals surface area contributed by atoms with Gasteiger partial charge in [0.25, 0.3) is 0 Å². The summed E-state index contributed by atoms with van der Waals surface area (Å²) in [6.07, 6.45) is 8.03. The van der Waals surface area contributed by atoms with Gasteiger partial charge in [-0.2, -0.15) is 8.70 Å². The van der Waals surface area contributed by atoms with Crippen LogP contribution in [0.3, 0.4) is 0 Å². The minimum Gasteiger partial charge on any atom is -0.444 e. The normalized spacial score (nSPS) is 18.2. The molecule has 0 radical (unpaired) electrons. The minimum absolute atomic E-state index is 0.223. The van der Waals surface area contributed by atoms with E-state index in [0.29, 0.717) is 37.2 Å². The fraction of sp³-hybridized carbons (Fsp3) is 0.387. The van der Waals surface area contributed by atoms with Gasteiger partial charge < -0.3 is 15.4 Å². The monoisotopic (exact) mass is 593 g/mol. The molecular formula is C31H36FN5O4S. The maximum Gasteiger partial charge on any atom is 0.410 e. The van der Waals surface area contributed by atoms with Gasteiger partial charge in [0.05, 0.1) is 12.3 Å². The number of benzene rings is 1. The maximum atomic E-state index is 13.9. The van der Waals surface area contributed by atoms with Crippen LogP contribution in [0, 0.1) is 5.95 Å². The van der Waals surface area contributed by atoms with Gasteiger partial charge in [-0.1, -0.05) is 18.2 Å². The lowest BCUT2D eigenvalue weighted by Gasteiger charge is -2.31. The Hall–Kier alpha value is -3.83. The number of hydrogen-bond acceptors (Lipinski definition) is 7. The molecule has 1 saturated heterocycles. The van der Waals surface area contributed by atoms with E-state index in [4.69, 9.17) is 10.5 Å². The number of aromatic nitrogens is 2. The molecule has 0 unspecified atom stereocenters. The fourth-order valence-electron chi connectivity index (χ4n) is 5.57. The molecule has 2 aliphatic rings. The van der Waals surface area contributed by atoms with E-state index in [1.54, 1.807) is 17.2 Å². The van der Waals surface area contributed by atoms with Gasteiger partial charge >= 0.3 is 6.09 Å². The molecule has 4 heterocycles. The van der Waals surface area contributed by atoms with Crippen LogP contribution in [0.5, 0.6) is 0 Å². The van der Waals surface area contributed by atoms with E-state index in [1.807, 2.05) is 45.0 Å². The van der Waals surface area contributed by atoms with Crippen molar-refractivity contribution in [3.63, 3.8) is 0 Å². The zero-order chi connectivity index (χ0) is 30.2. The predicted octanol–water partition coefficient (Wildman–Crippen LogP) is 5.65. The third kappa shape index (κ3) is 6.47. The van der Waals surface area contributed by atoms with Crippen molar-refractivity contribution in [1.82, 2.24) is 19.2 Å². The number of nitrogens with zero attached hydrogens (tertiary/aromatic N) is 4. The van der Waals surface area contributed by atoms with Crippen LogP contribution in [0.15, 0.2) is 54.9 Å². The van der Waals surface area contributed by atoms with Crippen molar-refractivity contribution in [2.75, 3.05) is 31.6 Å². The molecule has 0 saturated carbocycles. The van der Waals surface area contributed by atoms with Crippen molar-refractivity contribution < 1.29 is 22.3 Å². The summed E-state index contributed by atoms with van der Waals surface area (Å²) in [5.74, 6) is -0.335. The van der Waals surface area contributed by atoms with Gasteiger partial charge in [0, 0.05) is 49.2 Å². The Labute approximate surface area is 246 Å². The van der Waals surface area contributed by atoms with Crippen LogP contribution in [-0.2, 0) is 14.8 Å². The van der Waals surface area contributed by atoms with Crippen molar-refractivity contribution in [3.05, 3.63) is 71.9 Å². The van der Waals surface area contributed by atoms with Gasteiger partial charge in [-0.05, 0) is 86.1 Å². The number of sulfonamides is 1. The highest BCUT2D eigenvalue weighted by molar-refractivity contribution is 7.88. The molecule has 1 atom stereocenters. The number of nitrogen functional groups attached to an aromatic ring is 1. The van der Waals surface area contributed by atoms with Crippen LogP contribution in [0.25, 0.3) is 27.8 Å². The number of rotatable bonds is 5. The summed E-state index contributed by atoms with van der Waals surface area (Å²) >= 11 is 0. The lowest BCUT2D eigenvalue weighted by molar-refractivity contribution is 0.0224. The summed E-state index contributed by atoms with van der Waals surface area (Å²) < 4.78 is 45.3. The molecule has 2 aromatic heterocycles. The molecule has 3 aromatic rings. The number of likely N-dealkylation sites (tertiary alicyclic amines) is 1. The smallest absolute Gasteiger partial charge is 0.410 e. The average molecular weight is 594 g/mol. The van der Waals surface area contributed by atoms with Crippen LogP contribution in [0.4, 0.5) is 15.0 Å². The number of carbonyl (C=O) groups excluding carboxylic acids is 1. The molecule has 11 heteroatoms. The average Bonchev–Trinajstić information content (AvgIpc) is 3.42. The molecule has 2 aliphatic heterocycles. The van der Waals surface area contributed by atoms with Gasteiger partial charge in [0.2, 0.25) is 16.0 Å².